The van der Waals surface area contributed by atoms with Crippen LogP contribution in [0.25, 0.3) is 0 Å². The minimum Gasteiger partial charge on any atom is -0.608 e. The maximum Gasteiger partial charge on any atom is 0.140 e. The second kappa shape index (κ2) is 4.19. The van der Waals surface area contributed by atoms with E-state index in [9.17, 15) is 0 Å². The van der Waals surface area contributed by atoms with E-state index in [4.69, 9.17) is 8.23 Å². The first-order valence-electron chi connectivity index (χ1n) is 4.32. The van der Waals surface area contributed by atoms with Crippen LogP contribution in [0.15, 0.2) is 0 Å². The van der Waals surface area contributed by atoms with Gasteiger partial charge in [0, 0.05) is 9.28 Å². The van der Waals surface area contributed by atoms with Crippen LogP contribution in [0, 0.1) is 0 Å². The van der Waals surface area contributed by atoms with Gasteiger partial charge < -0.3 is 8.23 Å². The van der Waals surface area contributed by atoms with E-state index in [0.29, 0.717) is 0 Å². The summed E-state index contributed by atoms with van der Waals surface area (Å²) in [6, 6.07) is 0. The Balaban J connectivity index is 3.83. The molecule has 0 bridgehead atoms. The Morgan fingerprint density at radius 1 is 0.750 bits per heavy atom. The lowest BCUT2D eigenvalue weighted by atomic mass is 11.8. The van der Waals surface area contributed by atoms with Crippen LogP contribution < -0.4 is 0 Å². The Morgan fingerprint density at radius 3 is 1.17 bits per heavy atom. The quantitative estimate of drug-likeness (QED) is 0.680. The van der Waals surface area contributed by atoms with Crippen molar-refractivity contribution in [3.05, 3.63) is 0 Å². The summed E-state index contributed by atoms with van der Waals surface area (Å²) in [6.07, 6.45) is 0. The van der Waals surface area contributed by atoms with Crippen molar-refractivity contribution >= 4 is 25.9 Å². The minimum atomic E-state index is -1.38. The predicted molar refractivity (Wildman–Crippen MR) is 60.5 cm³/mol. The first kappa shape index (κ1) is 12.6. The molecule has 0 fully saturated rings. The molecule has 0 saturated carbocycles. The van der Waals surface area contributed by atoms with E-state index in [1.54, 1.807) is 0 Å². The highest BCUT2D eigenvalue weighted by Crippen LogP contribution is 2.10. The second-order valence-corrected chi connectivity index (χ2v) is 16.0. The van der Waals surface area contributed by atoms with Gasteiger partial charge in [0.15, 0.2) is 0 Å². The van der Waals surface area contributed by atoms with Crippen LogP contribution in [-0.2, 0) is 8.23 Å². The molecule has 0 saturated heterocycles. The van der Waals surface area contributed by atoms with Crippen LogP contribution in [0.3, 0.4) is 0 Å². The summed E-state index contributed by atoms with van der Waals surface area (Å²) in [4.78, 5) is 0. The highest BCUT2D eigenvalue weighted by molar-refractivity contribution is 6.80. The number of hydrogen-bond donors (Lipinski definition) is 0. The Bertz CT molecular complexity index is 121. The van der Waals surface area contributed by atoms with E-state index in [1.165, 1.54) is 0 Å². The molecule has 0 amide bonds. The van der Waals surface area contributed by atoms with E-state index in [0.717, 1.165) is 0 Å². The van der Waals surface area contributed by atoms with E-state index >= 15 is 0 Å². The van der Waals surface area contributed by atoms with E-state index < -0.39 is 25.9 Å². The van der Waals surface area contributed by atoms with Gasteiger partial charge in [-0.1, -0.05) is 0 Å². The molecule has 0 aliphatic carbocycles. The summed E-state index contributed by atoms with van der Waals surface area (Å²) >= 11 is 0. The van der Waals surface area contributed by atoms with Crippen LogP contribution in [0.1, 0.15) is 0 Å². The molecule has 0 atom stereocenters. The lowest BCUT2D eigenvalue weighted by molar-refractivity contribution is 0.428. The molecule has 0 aliphatic heterocycles. The molecule has 0 spiro atoms. The van der Waals surface area contributed by atoms with Crippen molar-refractivity contribution in [1.29, 1.82) is 0 Å². The van der Waals surface area contributed by atoms with Gasteiger partial charge in [0.1, 0.15) is 16.6 Å². The second-order valence-electron chi connectivity index (χ2n) is 4.92. The standard InChI is InChI=1S/C7H21O2Si3/c1-10(8-11(2,3)4)9-12(5,6)7/h1-7H3/q-1. The van der Waals surface area contributed by atoms with E-state index in [-0.39, 0.29) is 0 Å². The van der Waals surface area contributed by atoms with Crippen LogP contribution in [0.5, 0.6) is 0 Å². The Hall–Kier alpha value is 0.571. The fourth-order valence-electron chi connectivity index (χ4n) is 0.883. The molecule has 0 aromatic carbocycles. The van der Waals surface area contributed by atoms with Gasteiger partial charge in [-0.15, -0.1) is 6.55 Å². The van der Waals surface area contributed by atoms with E-state index in [2.05, 4.69) is 45.8 Å². The first-order chi connectivity index (χ1) is 5.10. The smallest absolute Gasteiger partial charge is 0.140 e. The average Bonchev–Trinajstić information content (AvgIpc) is 1.49. The van der Waals surface area contributed by atoms with Gasteiger partial charge in [-0.25, -0.2) is 0 Å². The molecule has 2 nitrogen and oxygen atoms in total. The van der Waals surface area contributed by atoms with Gasteiger partial charge in [-0.3, -0.25) is 0 Å². The zero-order valence-electron chi connectivity index (χ0n) is 9.32. The van der Waals surface area contributed by atoms with Gasteiger partial charge in [0.25, 0.3) is 0 Å². The maximum absolute atomic E-state index is 5.87. The third kappa shape index (κ3) is 8.67. The molecular formula is C7H21O2Si3-. The average molecular weight is 222 g/mol. The first-order valence-corrected chi connectivity index (χ1v) is 12.9. The van der Waals surface area contributed by atoms with Crippen molar-refractivity contribution in [3.63, 3.8) is 0 Å². The molecule has 0 aromatic rings. The lowest BCUT2D eigenvalue weighted by Crippen LogP contribution is -2.41. The van der Waals surface area contributed by atoms with Gasteiger partial charge >= 0.3 is 0 Å². The summed E-state index contributed by atoms with van der Waals surface area (Å²) < 4.78 is 11.7. The SMILES string of the molecule is C[Si-](O[Si](C)(C)C)O[Si](C)(C)C. The largest absolute Gasteiger partial charge is 0.608 e. The van der Waals surface area contributed by atoms with Gasteiger partial charge in [-0.2, -0.15) is 0 Å². The van der Waals surface area contributed by atoms with Crippen molar-refractivity contribution in [2.75, 3.05) is 0 Å². The van der Waals surface area contributed by atoms with Gasteiger partial charge in [0.2, 0.25) is 0 Å². The summed E-state index contributed by atoms with van der Waals surface area (Å²) in [7, 11) is -3.74. The molecule has 74 valence electrons. The third-order valence-corrected chi connectivity index (χ3v) is 8.10. The number of hydrogen-bond acceptors (Lipinski definition) is 2. The fraction of sp³-hybridized carbons (Fsp3) is 1.00. The molecule has 5 heteroatoms. The molecule has 0 rings (SSSR count). The Labute approximate surface area is 80.4 Å². The third-order valence-electron chi connectivity index (χ3n) is 0.900. The normalized spacial score (nSPS) is 14.0. The van der Waals surface area contributed by atoms with Crippen LogP contribution in [0.2, 0.25) is 45.8 Å². The van der Waals surface area contributed by atoms with Crippen molar-refractivity contribution in [2.24, 2.45) is 0 Å². The summed E-state index contributed by atoms with van der Waals surface area (Å²) in [6.45, 7) is 15.3. The summed E-state index contributed by atoms with van der Waals surface area (Å²) in [5, 5.41) is 0. The zero-order valence-corrected chi connectivity index (χ0v) is 12.3. The van der Waals surface area contributed by atoms with Crippen LogP contribution in [-0.4, -0.2) is 25.9 Å². The molecule has 0 heterocycles. The highest BCUT2D eigenvalue weighted by Gasteiger charge is 2.15. The topological polar surface area (TPSA) is 18.5 Å². The predicted octanol–water partition coefficient (Wildman–Crippen LogP) is 2.81. The number of rotatable bonds is 4. The monoisotopic (exact) mass is 221 g/mol. The van der Waals surface area contributed by atoms with Gasteiger partial charge in [0.05, 0.1) is 0 Å². The highest BCUT2D eigenvalue weighted by atomic mass is 28.4. The van der Waals surface area contributed by atoms with Crippen molar-refractivity contribution in [3.8, 4) is 0 Å². The Morgan fingerprint density at radius 2 is 1.00 bits per heavy atom. The molecule has 0 aliphatic rings. The maximum atomic E-state index is 5.87. The summed E-state index contributed by atoms with van der Waals surface area (Å²) in [5.74, 6) is 0. The van der Waals surface area contributed by atoms with Crippen molar-refractivity contribution < 1.29 is 8.23 Å². The molecular weight excluding hydrogens is 200 g/mol. The fourth-order valence-corrected chi connectivity index (χ4v) is 8.32. The van der Waals surface area contributed by atoms with Crippen LogP contribution in [0.4, 0.5) is 0 Å². The molecule has 0 unspecified atom stereocenters. The zero-order chi connectivity index (χ0) is 9.99. The van der Waals surface area contributed by atoms with Crippen LogP contribution >= 0.6 is 0 Å². The molecule has 0 N–H and O–H groups in total. The van der Waals surface area contributed by atoms with Crippen molar-refractivity contribution in [2.45, 2.75) is 45.8 Å². The van der Waals surface area contributed by atoms with Gasteiger partial charge in [-0.05, 0) is 39.3 Å². The molecule has 12 heavy (non-hydrogen) atoms. The van der Waals surface area contributed by atoms with Crippen molar-refractivity contribution in [1.82, 2.24) is 0 Å². The summed E-state index contributed by atoms with van der Waals surface area (Å²) in [5.41, 5.74) is 0. The molecule has 0 radical (unpaired) electrons. The minimum absolute atomic E-state index is 0.981. The Kier molecular flexibility index (Phi) is 4.39. The van der Waals surface area contributed by atoms with E-state index in [1.807, 2.05) is 0 Å². The lowest BCUT2D eigenvalue weighted by Gasteiger charge is -2.40. The molecule has 0 aromatic heterocycles.